The number of hydrogen-bond donors (Lipinski definition) is 2. The Morgan fingerprint density at radius 3 is 2.74 bits per heavy atom. The SMILES string of the molecule is O=C(O)c1cccc(CNS(=O)(=O)c2cccc3nonc23)c1. The van der Waals surface area contributed by atoms with Crippen molar-refractivity contribution in [3.63, 3.8) is 0 Å². The summed E-state index contributed by atoms with van der Waals surface area (Å²) in [5, 5.41) is 16.1. The van der Waals surface area contributed by atoms with E-state index in [9.17, 15) is 13.2 Å². The Morgan fingerprint density at radius 2 is 1.96 bits per heavy atom. The van der Waals surface area contributed by atoms with Crippen molar-refractivity contribution in [1.82, 2.24) is 15.0 Å². The van der Waals surface area contributed by atoms with E-state index in [4.69, 9.17) is 5.11 Å². The Labute approximate surface area is 130 Å². The lowest BCUT2D eigenvalue weighted by Crippen LogP contribution is -2.23. The molecular weight excluding hydrogens is 322 g/mol. The third-order valence-corrected chi connectivity index (χ3v) is 4.61. The molecule has 3 aromatic rings. The van der Waals surface area contributed by atoms with Crippen LogP contribution in [0.25, 0.3) is 11.0 Å². The molecule has 2 N–H and O–H groups in total. The number of hydrogen-bond acceptors (Lipinski definition) is 6. The van der Waals surface area contributed by atoms with E-state index in [2.05, 4.69) is 19.7 Å². The molecule has 3 rings (SSSR count). The highest BCUT2D eigenvalue weighted by Crippen LogP contribution is 2.19. The van der Waals surface area contributed by atoms with Gasteiger partial charge in [0.05, 0.1) is 5.56 Å². The number of aromatic carboxylic acids is 1. The molecule has 0 saturated carbocycles. The Balaban J connectivity index is 1.86. The summed E-state index contributed by atoms with van der Waals surface area (Å²) in [6.45, 7) is -0.0505. The van der Waals surface area contributed by atoms with Gasteiger partial charge >= 0.3 is 5.97 Å². The second-order valence-electron chi connectivity index (χ2n) is 4.72. The number of nitrogens with zero attached hydrogens (tertiary/aromatic N) is 2. The van der Waals surface area contributed by atoms with Crippen molar-refractivity contribution in [3.05, 3.63) is 53.6 Å². The van der Waals surface area contributed by atoms with E-state index >= 15 is 0 Å². The van der Waals surface area contributed by atoms with Crippen LogP contribution in [0.4, 0.5) is 0 Å². The van der Waals surface area contributed by atoms with Crippen molar-refractivity contribution in [1.29, 1.82) is 0 Å². The van der Waals surface area contributed by atoms with Gasteiger partial charge in [0.25, 0.3) is 0 Å². The molecule has 1 heterocycles. The van der Waals surface area contributed by atoms with Crippen molar-refractivity contribution < 1.29 is 22.9 Å². The van der Waals surface area contributed by atoms with Crippen molar-refractivity contribution in [2.45, 2.75) is 11.4 Å². The van der Waals surface area contributed by atoms with Crippen molar-refractivity contribution in [3.8, 4) is 0 Å². The van der Waals surface area contributed by atoms with Gasteiger partial charge in [-0.05, 0) is 40.1 Å². The van der Waals surface area contributed by atoms with Gasteiger partial charge in [-0.15, -0.1) is 0 Å². The Bertz CT molecular complexity index is 981. The van der Waals surface area contributed by atoms with Crippen molar-refractivity contribution in [2.24, 2.45) is 0 Å². The second-order valence-corrected chi connectivity index (χ2v) is 6.45. The van der Waals surface area contributed by atoms with E-state index in [1.54, 1.807) is 18.2 Å². The van der Waals surface area contributed by atoms with Gasteiger partial charge in [0.2, 0.25) is 10.0 Å². The molecule has 0 fully saturated rings. The predicted octanol–water partition coefficient (Wildman–Crippen LogP) is 1.40. The highest BCUT2D eigenvalue weighted by Gasteiger charge is 2.20. The molecule has 0 aliphatic heterocycles. The minimum atomic E-state index is -3.85. The third kappa shape index (κ3) is 3.05. The molecule has 1 aromatic heterocycles. The summed E-state index contributed by atoms with van der Waals surface area (Å²) in [4.78, 5) is 10.9. The summed E-state index contributed by atoms with van der Waals surface area (Å²) in [6, 6.07) is 10.5. The number of sulfonamides is 1. The quantitative estimate of drug-likeness (QED) is 0.723. The van der Waals surface area contributed by atoms with Crippen LogP contribution in [-0.2, 0) is 16.6 Å². The molecule has 0 aliphatic carbocycles. The van der Waals surface area contributed by atoms with Crippen LogP contribution in [0.5, 0.6) is 0 Å². The largest absolute Gasteiger partial charge is 0.478 e. The van der Waals surface area contributed by atoms with Crippen LogP contribution in [0.3, 0.4) is 0 Å². The fraction of sp³-hybridized carbons (Fsp3) is 0.0714. The lowest BCUT2D eigenvalue weighted by Gasteiger charge is -2.07. The zero-order valence-electron chi connectivity index (χ0n) is 11.6. The molecule has 2 aromatic carbocycles. The molecule has 0 aliphatic rings. The fourth-order valence-corrected chi connectivity index (χ4v) is 3.23. The Kier molecular flexibility index (Phi) is 3.80. The zero-order valence-corrected chi connectivity index (χ0v) is 12.4. The van der Waals surface area contributed by atoms with Crippen LogP contribution < -0.4 is 4.72 Å². The fourth-order valence-electron chi connectivity index (χ4n) is 2.07. The van der Waals surface area contributed by atoms with Gasteiger partial charge in [0.1, 0.15) is 10.4 Å². The van der Waals surface area contributed by atoms with E-state index in [0.29, 0.717) is 11.1 Å². The number of aromatic nitrogens is 2. The van der Waals surface area contributed by atoms with Crippen molar-refractivity contribution in [2.75, 3.05) is 0 Å². The van der Waals surface area contributed by atoms with Crippen LogP contribution in [0, 0.1) is 0 Å². The topological polar surface area (TPSA) is 122 Å². The zero-order chi connectivity index (χ0) is 16.4. The molecule has 0 spiro atoms. The molecular formula is C14H11N3O5S. The van der Waals surface area contributed by atoms with Gasteiger partial charge in [-0.3, -0.25) is 0 Å². The van der Waals surface area contributed by atoms with Gasteiger partial charge in [-0.1, -0.05) is 18.2 Å². The van der Waals surface area contributed by atoms with Gasteiger partial charge in [0, 0.05) is 6.54 Å². The van der Waals surface area contributed by atoms with Crippen LogP contribution in [0.2, 0.25) is 0 Å². The lowest BCUT2D eigenvalue weighted by atomic mass is 10.1. The van der Waals surface area contributed by atoms with Gasteiger partial charge in [-0.2, -0.15) is 0 Å². The molecule has 0 amide bonds. The number of fused-ring (bicyclic) bond motifs is 1. The van der Waals surface area contributed by atoms with E-state index in [1.807, 2.05) is 0 Å². The average Bonchev–Trinajstić information content (AvgIpc) is 3.01. The predicted molar refractivity (Wildman–Crippen MR) is 79.2 cm³/mol. The molecule has 118 valence electrons. The number of benzene rings is 2. The molecule has 0 atom stereocenters. The summed E-state index contributed by atoms with van der Waals surface area (Å²) < 4.78 is 31.8. The summed E-state index contributed by atoms with van der Waals surface area (Å²) in [5.74, 6) is -1.08. The van der Waals surface area contributed by atoms with E-state index in [1.165, 1.54) is 24.3 Å². The molecule has 0 unspecified atom stereocenters. The normalized spacial score (nSPS) is 11.7. The first-order valence-electron chi connectivity index (χ1n) is 6.50. The number of carboxylic acid groups (broad SMARTS) is 1. The maximum atomic E-state index is 12.4. The molecule has 0 saturated heterocycles. The average molecular weight is 333 g/mol. The first-order chi connectivity index (χ1) is 11.0. The van der Waals surface area contributed by atoms with Crippen LogP contribution in [0.15, 0.2) is 52.0 Å². The molecule has 8 nitrogen and oxygen atoms in total. The Morgan fingerprint density at radius 1 is 1.17 bits per heavy atom. The summed E-state index contributed by atoms with van der Waals surface area (Å²) in [6.07, 6.45) is 0. The van der Waals surface area contributed by atoms with Gasteiger partial charge < -0.3 is 5.11 Å². The number of rotatable bonds is 5. The smallest absolute Gasteiger partial charge is 0.335 e. The monoisotopic (exact) mass is 333 g/mol. The first kappa shape index (κ1) is 15.1. The number of carbonyl (C=O) groups is 1. The first-order valence-corrected chi connectivity index (χ1v) is 7.99. The summed E-state index contributed by atoms with van der Waals surface area (Å²) in [5.41, 5.74) is 1.09. The Hall–Kier alpha value is -2.78. The van der Waals surface area contributed by atoms with E-state index in [0.717, 1.165) is 0 Å². The van der Waals surface area contributed by atoms with Gasteiger partial charge in [-0.25, -0.2) is 22.6 Å². The minimum Gasteiger partial charge on any atom is -0.478 e. The highest BCUT2D eigenvalue weighted by molar-refractivity contribution is 7.89. The highest BCUT2D eigenvalue weighted by atomic mass is 32.2. The summed E-state index contributed by atoms with van der Waals surface area (Å²) >= 11 is 0. The second kappa shape index (κ2) is 5.78. The third-order valence-electron chi connectivity index (χ3n) is 3.18. The lowest BCUT2D eigenvalue weighted by molar-refractivity contribution is 0.0696. The van der Waals surface area contributed by atoms with E-state index < -0.39 is 16.0 Å². The molecule has 0 bridgehead atoms. The standard InChI is InChI=1S/C14H11N3O5S/c18-14(19)10-4-1-3-9(7-10)8-15-23(20,21)12-6-2-5-11-13(12)17-22-16-11/h1-7,15H,8H2,(H,18,19). The van der Waals surface area contributed by atoms with Crippen LogP contribution in [0.1, 0.15) is 15.9 Å². The minimum absolute atomic E-state index is 0.0503. The number of carboxylic acids is 1. The van der Waals surface area contributed by atoms with E-state index in [-0.39, 0.29) is 22.5 Å². The maximum absolute atomic E-state index is 12.4. The van der Waals surface area contributed by atoms with Crippen molar-refractivity contribution >= 4 is 27.0 Å². The van der Waals surface area contributed by atoms with Gasteiger partial charge in [0.15, 0.2) is 5.52 Å². The molecule has 0 radical (unpaired) electrons. The number of nitrogens with one attached hydrogen (secondary N) is 1. The molecule has 23 heavy (non-hydrogen) atoms. The maximum Gasteiger partial charge on any atom is 0.335 e. The van der Waals surface area contributed by atoms with Crippen LogP contribution in [-0.4, -0.2) is 29.8 Å². The molecule has 9 heteroatoms. The van der Waals surface area contributed by atoms with Crippen LogP contribution >= 0.6 is 0 Å². The summed E-state index contributed by atoms with van der Waals surface area (Å²) in [7, 11) is -3.85.